The van der Waals surface area contributed by atoms with Gasteiger partial charge in [0.15, 0.2) is 0 Å². The number of amides is 2. The van der Waals surface area contributed by atoms with Gasteiger partial charge in [-0.05, 0) is 64.7 Å². The number of carbonyl (C=O) groups excluding carboxylic acids is 2. The Kier molecular flexibility index (Phi) is 14.1. The Morgan fingerprint density at radius 1 is 0.354 bits per heavy atom. The van der Waals surface area contributed by atoms with Gasteiger partial charge in [-0.2, -0.15) is 0 Å². The number of ether oxygens (including phenoxy) is 4. The Morgan fingerprint density at radius 3 is 0.908 bits per heavy atom. The van der Waals surface area contributed by atoms with E-state index < -0.39 is 29.7 Å². The summed E-state index contributed by atoms with van der Waals surface area (Å²) in [5.41, 5.74) is 1.68. The number of aromatic carboxylic acids is 3. The van der Waals surface area contributed by atoms with E-state index in [2.05, 4.69) is 10.6 Å². The van der Waals surface area contributed by atoms with Crippen molar-refractivity contribution in [3.05, 3.63) is 214 Å². The minimum atomic E-state index is -1.39. The van der Waals surface area contributed by atoms with E-state index in [1.54, 1.807) is 97.1 Å². The molecule has 0 aromatic heterocycles. The van der Waals surface area contributed by atoms with Crippen molar-refractivity contribution in [2.24, 2.45) is 0 Å². The molecule has 0 aliphatic heterocycles. The molecule has 0 radical (unpaired) electrons. The zero-order valence-electron chi connectivity index (χ0n) is 34.4. The van der Waals surface area contributed by atoms with Crippen LogP contribution in [0.3, 0.4) is 0 Å². The molecule has 2 amide bonds. The molecule has 0 spiro atoms. The van der Waals surface area contributed by atoms with Gasteiger partial charge in [-0.15, -0.1) is 0 Å². The molecule has 14 heteroatoms. The highest BCUT2D eigenvalue weighted by Crippen LogP contribution is 2.34. The van der Waals surface area contributed by atoms with Crippen molar-refractivity contribution in [3.8, 4) is 23.0 Å². The first-order chi connectivity index (χ1) is 31.5. The van der Waals surface area contributed by atoms with Crippen LogP contribution in [0.4, 0.5) is 11.4 Å². The van der Waals surface area contributed by atoms with Crippen LogP contribution in [0.25, 0.3) is 0 Å². The lowest BCUT2D eigenvalue weighted by Gasteiger charge is -2.18. The molecule has 0 saturated heterocycles. The minimum absolute atomic E-state index is 0.0190. The molecule has 326 valence electrons. The normalized spacial score (nSPS) is 10.6. The monoisotopic (exact) mass is 872 g/mol. The lowest BCUT2D eigenvalue weighted by molar-refractivity contribution is 0.0680. The molecule has 0 unspecified atom stereocenters. The quantitative estimate of drug-likeness (QED) is 0.0515. The Hall–Kier alpha value is -8.91. The SMILES string of the molecule is O=C(O)c1cc(NC(=O)c2cc(OCc3ccccc3)c(C(=O)O)cc2OCc2ccccc2)cc(NC(=O)c2cc(OCc3ccccc3)c(C(=O)O)cc2OCc2ccccc2)c1. The predicted molar refractivity (Wildman–Crippen MR) is 239 cm³/mol. The summed E-state index contributed by atoms with van der Waals surface area (Å²) in [5.74, 6) is -6.16. The standard InChI is InChI=1S/C51H40N2O12/c54-47(39-24-45(64-30-34-17-9-3-10-18-34)41(50(58)59)26-43(39)62-28-32-13-5-1-6-14-32)52-37-21-36(49(56)57)22-38(23-37)53-48(55)40-25-46(65-31-35-19-11-4-12-20-35)42(51(60)61)27-44(40)63-29-33-15-7-2-8-16-33/h1-27H,28-31H2,(H,52,54)(H,53,55)(H,56,57)(H,58,59)(H,60,61). The molecule has 0 atom stereocenters. The molecule has 7 rings (SSSR count). The molecule has 0 aliphatic rings. The second kappa shape index (κ2) is 20.8. The van der Waals surface area contributed by atoms with E-state index in [-0.39, 0.29) is 88.6 Å². The first kappa shape index (κ1) is 44.2. The number of carbonyl (C=O) groups is 5. The van der Waals surface area contributed by atoms with E-state index in [9.17, 15) is 39.3 Å². The Bertz CT molecular complexity index is 2650. The molecule has 0 saturated carbocycles. The van der Waals surface area contributed by atoms with E-state index in [4.69, 9.17) is 18.9 Å². The average Bonchev–Trinajstić information content (AvgIpc) is 3.32. The first-order valence-corrected chi connectivity index (χ1v) is 20.0. The highest BCUT2D eigenvalue weighted by molar-refractivity contribution is 6.10. The number of carboxylic acids is 3. The van der Waals surface area contributed by atoms with Gasteiger partial charge in [0.2, 0.25) is 0 Å². The Morgan fingerprint density at radius 2 is 0.631 bits per heavy atom. The van der Waals surface area contributed by atoms with Gasteiger partial charge in [-0.25, -0.2) is 14.4 Å². The second-order valence-electron chi connectivity index (χ2n) is 14.4. The summed E-state index contributed by atoms with van der Waals surface area (Å²) in [5, 5.41) is 35.8. The summed E-state index contributed by atoms with van der Waals surface area (Å²) in [6.45, 7) is -0.0965. The van der Waals surface area contributed by atoms with Crippen molar-refractivity contribution in [3.63, 3.8) is 0 Å². The molecule has 7 aromatic rings. The fraction of sp³-hybridized carbons (Fsp3) is 0.0784. The van der Waals surface area contributed by atoms with Crippen molar-refractivity contribution in [1.29, 1.82) is 0 Å². The molecular formula is C51H40N2O12. The fourth-order valence-electron chi connectivity index (χ4n) is 6.52. The van der Waals surface area contributed by atoms with Crippen LogP contribution in [-0.2, 0) is 26.4 Å². The number of benzene rings is 7. The Balaban J connectivity index is 1.21. The third kappa shape index (κ3) is 11.7. The van der Waals surface area contributed by atoms with E-state index in [0.29, 0.717) is 0 Å². The first-order valence-electron chi connectivity index (χ1n) is 20.0. The zero-order chi connectivity index (χ0) is 45.7. The summed E-state index contributed by atoms with van der Waals surface area (Å²) in [6.07, 6.45) is 0. The lowest BCUT2D eigenvalue weighted by Crippen LogP contribution is -2.18. The van der Waals surface area contributed by atoms with Gasteiger partial charge in [0.1, 0.15) is 60.6 Å². The average molecular weight is 873 g/mol. The number of anilines is 2. The van der Waals surface area contributed by atoms with Crippen LogP contribution in [0.5, 0.6) is 23.0 Å². The van der Waals surface area contributed by atoms with Gasteiger partial charge < -0.3 is 44.9 Å². The topological polar surface area (TPSA) is 207 Å². The van der Waals surface area contributed by atoms with Crippen molar-refractivity contribution < 1.29 is 58.2 Å². The number of hydrogen-bond acceptors (Lipinski definition) is 9. The molecule has 5 N–H and O–H groups in total. The summed E-state index contributed by atoms with van der Waals surface area (Å²) < 4.78 is 23.9. The highest BCUT2D eigenvalue weighted by atomic mass is 16.5. The fourth-order valence-corrected chi connectivity index (χ4v) is 6.52. The molecule has 14 nitrogen and oxygen atoms in total. The van der Waals surface area contributed by atoms with Crippen LogP contribution in [0.15, 0.2) is 164 Å². The highest BCUT2D eigenvalue weighted by Gasteiger charge is 2.25. The second-order valence-corrected chi connectivity index (χ2v) is 14.4. The van der Waals surface area contributed by atoms with Crippen LogP contribution in [0.2, 0.25) is 0 Å². The van der Waals surface area contributed by atoms with E-state index in [1.165, 1.54) is 42.5 Å². The summed E-state index contributed by atoms with van der Waals surface area (Å²) in [4.78, 5) is 65.8. The van der Waals surface area contributed by atoms with Crippen LogP contribution < -0.4 is 29.6 Å². The molecule has 0 bridgehead atoms. The molecule has 0 aliphatic carbocycles. The number of nitrogens with one attached hydrogen (secondary N) is 2. The van der Waals surface area contributed by atoms with E-state index >= 15 is 0 Å². The van der Waals surface area contributed by atoms with Crippen molar-refractivity contribution in [1.82, 2.24) is 0 Å². The largest absolute Gasteiger partial charge is 0.488 e. The molecular weight excluding hydrogens is 833 g/mol. The van der Waals surface area contributed by atoms with Crippen LogP contribution in [-0.4, -0.2) is 45.0 Å². The summed E-state index contributed by atoms with van der Waals surface area (Å²) in [7, 11) is 0. The van der Waals surface area contributed by atoms with Gasteiger partial charge in [0.05, 0.1) is 16.7 Å². The maximum absolute atomic E-state index is 14.2. The van der Waals surface area contributed by atoms with Crippen molar-refractivity contribution >= 4 is 41.1 Å². The van der Waals surface area contributed by atoms with Crippen LogP contribution in [0, 0.1) is 0 Å². The van der Waals surface area contributed by atoms with Crippen molar-refractivity contribution in [2.45, 2.75) is 26.4 Å². The number of rotatable bonds is 19. The van der Waals surface area contributed by atoms with Gasteiger partial charge in [0.25, 0.3) is 11.8 Å². The minimum Gasteiger partial charge on any atom is -0.488 e. The lowest BCUT2D eigenvalue weighted by atomic mass is 10.1. The molecule has 65 heavy (non-hydrogen) atoms. The Labute approximate surface area is 372 Å². The van der Waals surface area contributed by atoms with Gasteiger partial charge in [-0.3, -0.25) is 9.59 Å². The van der Waals surface area contributed by atoms with Crippen molar-refractivity contribution in [2.75, 3.05) is 10.6 Å². The maximum Gasteiger partial charge on any atom is 0.339 e. The maximum atomic E-state index is 14.2. The van der Waals surface area contributed by atoms with E-state index in [0.717, 1.165) is 22.3 Å². The molecule has 0 fully saturated rings. The number of carboxylic acid groups (broad SMARTS) is 3. The smallest absolute Gasteiger partial charge is 0.339 e. The summed E-state index contributed by atoms with van der Waals surface area (Å²) >= 11 is 0. The molecule has 0 heterocycles. The predicted octanol–water partition coefficient (Wildman–Crippen LogP) is 9.60. The summed E-state index contributed by atoms with van der Waals surface area (Å²) in [6, 6.07) is 44.5. The van der Waals surface area contributed by atoms with Crippen LogP contribution >= 0.6 is 0 Å². The zero-order valence-corrected chi connectivity index (χ0v) is 34.4. The molecule has 7 aromatic carbocycles. The number of hydrogen-bond donors (Lipinski definition) is 5. The van der Waals surface area contributed by atoms with E-state index in [1.807, 2.05) is 24.3 Å². The van der Waals surface area contributed by atoms with Gasteiger partial charge in [0, 0.05) is 11.4 Å². The third-order valence-electron chi connectivity index (χ3n) is 9.76. The third-order valence-corrected chi connectivity index (χ3v) is 9.76. The van der Waals surface area contributed by atoms with Crippen LogP contribution in [0.1, 0.15) is 74.0 Å². The van der Waals surface area contributed by atoms with Gasteiger partial charge in [-0.1, -0.05) is 121 Å². The van der Waals surface area contributed by atoms with Gasteiger partial charge >= 0.3 is 17.9 Å².